The minimum absolute atomic E-state index is 0.146. The third kappa shape index (κ3) is 3.81. The predicted octanol–water partition coefficient (Wildman–Crippen LogP) is 2.23. The number of nitrogens with one attached hydrogen (secondary N) is 2. The Morgan fingerprint density at radius 2 is 1.80 bits per heavy atom. The molecule has 2 rings (SSSR count). The van der Waals surface area contributed by atoms with Gasteiger partial charge in [0.05, 0.1) is 4.90 Å². The van der Waals surface area contributed by atoms with E-state index in [-0.39, 0.29) is 6.04 Å². The van der Waals surface area contributed by atoms with Gasteiger partial charge in [-0.05, 0) is 49.9 Å². The summed E-state index contributed by atoms with van der Waals surface area (Å²) >= 11 is 0. The summed E-state index contributed by atoms with van der Waals surface area (Å²) in [6.45, 7) is 7.32. The van der Waals surface area contributed by atoms with Crippen LogP contribution in [0.15, 0.2) is 29.2 Å². The fourth-order valence-corrected chi connectivity index (χ4v) is 3.53. The van der Waals surface area contributed by atoms with Crippen LogP contribution >= 0.6 is 0 Å². The summed E-state index contributed by atoms with van der Waals surface area (Å²) in [6, 6.07) is 7.75. The van der Waals surface area contributed by atoms with Crippen LogP contribution in [0.5, 0.6) is 0 Å². The minimum atomic E-state index is -3.34. The van der Waals surface area contributed by atoms with Crippen LogP contribution in [-0.4, -0.2) is 27.0 Å². The first-order valence-corrected chi connectivity index (χ1v) is 8.78. The monoisotopic (exact) mass is 296 g/mol. The summed E-state index contributed by atoms with van der Waals surface area (Å²) in [5.74, 6) is 0.350. The highest BCUT2D eigenvalue weighted by molar-refractivity contribution is 7.89. The Labute approximate surface area is 122 Å². The molecule has 0 heterocycles. The molecular formula is C15H24N2O2S. The third-order valence-electron chi connectivity index (χ3n) is 3.89. The lowest BCUT2D eigenvalue weighted by molar-refractivity contribution is 0.495. The Balaban J connectivity index is 2.09. The first kappa shape index (κ1) is 15.5. The molecule has 0 bridgehead atoms. The van der Waals surface area contributed by atoms with E-state index in [0.717, 1.165) is 24.9 Å². The number of hydrogen-bond donors (Lipinski definition) is 2. The summed E-state index contributed by atoms with van der Waals surface area (Å²) < 4.78 is 26.9. The maximum absolute atomic E-state index is 12.1. The van der Waals surface area contributed by atoms with Crippen molar-refractivity contribution >= 4 is 10.0 Å². The molecule has 0 amide bonds. The Bertz CT molecular complexity index is 535. The molecule has 2 atom stereocenters. The van der Waals surface area contributed by atoms with Gasteiger partial charge in [-0.1, -0.05) is 26.0 Å². The minimum Gasteiger partial charge on any atom is -0.314 e. The normalized spacial score (nSPS) is 18.8. The highest BCUT2D eigenvalue weighted by Crippen LogP contribution is 2.24. The van der Waals surface area contributed by atoms with Crippen LogP contribution in [0.25, 0.3) is 0 Å². The third-order valence-corrected chi connectivity index (χ3v) is 5.43. The van der Waals surface area contributed by atoms with Crippen molar-refractivity contribution in [3.63, 3.8) is 0 Å². The number of likely N-dealkylation sites (N-methyl/N-ethyl adjacent to an activating group) is 1. The molecule has 0 radical (unpaired) electrons. The van der Waals surface area contributed by atoms with E-state index >= 15 is 0 Å². The van der Waals surface area contributed by atoms with Crippen LogP contribution in [0, 0.1) is 0 Å². The van der Waals surface area contributed by atoms with Gasteiger partial charge in [-0.3, -0.25) is 0 Å². The van der Waals surface area contributed by atoms with Gasteiger partial charge in [0.2, 0.25) is 10.0 Å². The SMILES string of the molecule is CCNC(C)C(C)c1ccc(S(=O)(=O)NC2CC2)cc1. The summed E-state index contributed by atoms with van der Waals surface area (Å²) in [6.07, 6.45) is 1.91. The molecule has 1 aromatic carbocycles. The zero-order chi connectivity index (χ0) is 14.8. The quantitative estimate of drug-likeness (QED) is 0.811. The molecule has 1 aromatic rings. The van der Waals surface area contributed by atoms with Crippen molar-refractivity contribution in [2.45, 2.75) is 56.5 Å². The molecule has 2 unspecified atom stereocenters. The molecule has 1 aliphatic carbocycles. The molecule has 112 valence electrons. The lowest BCUT2D eigenvalue weighted by Crippen LogP contribution is -2.30. The maximum atomic E-state index is 12.1. The fraction of sp³-hybridized carbons (Fsp3) is 0.600. The van der Waals surface area contributed by atoms with Crippen molar-refractivity contribution in [3.05, 3.63) is 29.8 Å². The Morgan fingerprint density at radius 3 is 2.30 bits per heavy atom. The second-order valence-corrected chi connectivity index (χ2v) is 7.31. The van der Waals surface area contributed by atoms with Crippen molar-refractivity contribution in [1.82, 2.24) is 10.0 Å². The lowest BCUT2D eigenvalue weighted by atomic mass is 9.94. The van der Waals surface area contributed by atoms with Gasteiger partial charge in [0, 0.05) is 12.1 Å². The van der Waals surface area contributed by atoms with E-state index in [0.29, 0.717) is 16.9 Å². The van der Waals surface area contributed by atoms with Gasteiger partial charge in [0.1, 0.15) is 0 Å². The molecule has 0 spiro atoms. The zero-order valence-corrected chi connectivity index (χ0v) is 13.2. The number of benzene rings is 1. The van der Waals surface area contributed by atoms with E-state index in [9.17, 15) is 8.42 Å². The van der Waals surface area contributed by atoms with Crippen molar-refractivity contribution in [3.8, 4) is 0 Å². The molecule has 1 saturated carbocycles. The van der Waals surface area contributed by atoms with Crippen molar-refractivity contribution in [2.24, 2.45) is 0 Å². The smallest absolute Gasteiger partial charge is 0.240 e. The van der Waals surface area contributed by atoms with Gasteiger partial charge in [-0.15, -0.1) is 0 Å². The van der Waals surface area contributed by atoms with Gasteiger partial charge < -0.3 is 5.32 Å². The van der Waals surface area contributed by atoms with Gasteiger partial charge in [-0.25, -0.2) is 13.1 Å². The average Bonchev–Trinajstić information content (AvgIpc) is 3.21. The van der Waals surface area contributed by atoms with Crippen molar-refractivity contribution in [2.75, 3.05) is 6.54 Å². The van der Waals surface area contributed by atoms with Crippen LogP contribution in [-0.2, 0) is 10.0 Å². The molecule has 1 fully saturated rings. The van der Waals surface area contributed by atoms with Crippen molar-refractivity contribution in [1.29, 1.82) is 0 Å². The summed E-state index contributed by atoms with van der Waals surface area (Å²) in [4.78, 5) is 0.358. The second kappa shape index (κ2) is 6.24. The molecule has 1 aliphatic rings. The number of sulfonamides is 1. The van der Waals surface area contributed by atoms with E-state index < -0.39 is 10.0 Å². The molecular weight excluding hydrogens is 272 g/mol. The predicted molar refractivity (Wildman–Crippen MR) is 81.3 cm³/mol. The van der Waals surface area contributed by atoms with E-state index in [1.165, 1.54) is 0 Å². The van der Waals surface area contributed by atoms with Crippen LogP contribution < -0.4 is 10.0 Å². The molecule has 5 heteroatoms. The van der Waals surface area contributed by atoms with E-state index in [1.807, 2.05) is 12.1 Å². The summed E-state index contributed by atoms with van der Waals surface area (Å²) in [5.41, 5.74) is 1.16. The van der Waals surface area contributed by atoms with E-state index in [2.05, 4.69) is 30.8 Å². The first-order valence-electron chi connectivity index (χ1n) is 7.29. The summed E-state index contributed by atoms with van der Waals surface area (Å²) in [5, 5.41) is 3.39. The van der Waals surface area contributed by atoms with Crippen molar-refractivity contribution < 1.29 is 8.42 Å². The van der Waals surface area contributed by atoms with Gasteiger partial charge in [0.25, 0.3) is 0 Å². The highest BCUT2D eigenvalue weighted by Gasteiger charge is 2.28. The topological polar surface area (TPSA) is 58.2 Å². The number of rotatable bonds is 7. The Morgan fingerprint density at radius 1 is 1.20 bits per heavy atom. The Kier molecular flexibility index (Phi) is 4.83. The average molecular weight is 296 g/mol. The summed E-state index contributed by atoms with van der Waals surface area (Å²) in [7, 11) is -3.34. The molecule has 2 N–H and O–H groups in total. The number of hydrogen-bond acceptors (Lipinski definition) is 3. The van der Waals surface area contributed by atoms with Crippen LogP contribution in [0.4, 0.5) is 0 Å². The van der Waals surface area contributed by atoms with Gasteiger partial charge in [0.15, 0.2) is 0 Å². The Hall–Kier alpha value is -0.910. The first-order chi connectivity index (χ1) is 9.44. The largest absolute Gasteiger partial charge is 0.314 e. The molecule has 20 heavy (non-hydrogen) atoms. The van der Waals surface area contributed by atoms with Crippen LogP contribution in [0.1, 0.15) is 45.1 Å². The fourth-order valence-electron chi connectivity index (χ4n) is 2.23. The second-order valence-electron chi connectivity index (χ2n) is 5.60. The van der Waals surface area contributed by atoms with Crippen LogP contribution in [0.3, 0.4) is 0 Å². The van der Waals surface area contributed by atoms with Gasteiger partial charge >= 0.3 is 0 Å². The zero-order valence-electron chi connectivity index (χ0n) is 12.4. The standard InChI is InChI=1S/C15H24N2O2S/c1-4-16-12(3)11(2)13-5-9-15(10-6-13)20(18,19)17-14-7-8-14/h5-6,9-12,14,16-17H,4,7-8H2,1-3H3. The van der Waals surface area contributed by atoms with Gasteiger partial charge in [-0.2, -0.15) is 0 Å². The molecule has 4 nitrogen and oxygen atoms in total. The molecule has 0 saturated heterocycles. The molecule has 0 aromatic heterocycles. The lowest BCUT2D eigenvalue weighted by Gasteiger charge is -2.21. The van der Waals surface area contributed by atoms with Crippen LogP contribution in [0.2, 0.25) is 0 Å². The molecule has 0 aliphatic heterocycles. The highest BCUT2D eigenvalue weighted by atomic mass is 32.2. The van der Waals surface area contributed by atoms with E-state index in [1.54, 1.807) is 12.1 Å². The van der Waals surface area contributed by atoms with E-state index in [4.69, 9.17) is 0 Å². The maximum Gasteiger partial charge on any atom is 0.240 e.